The summed E-state index contributed by atoms with van der Waals surface area (Å²) in [4.78, 5) is 24.4. The molecule has 0 radical (unpaired) electrons. The second-order valence-corrected chi connectivity index (χ2v) is 8.26. The third-order valence-corrected chi connectivity index (χ3v) is 5.47. The third kappa shape index (κ3) is 6.91. The maximum Gasteiger partial charge on any atom is 0.240 e. The van der Waals surface area contributed by atoms with E-state index in [9.17, 15) is 9.59 Å². The SMILES string of the molecule is O=C(CCC(=O)Nc1cccc(Cl)c1)NN=Cc1c(OCc2ccccc2)ccc2ccccc12. The topological polar surface area (TPSA) is 79.8 Å². The monoisotopic (exact) mass is 485 g/mol. The van der Waals surface area contributed by atoms with Crippen molar-refractivity contribution in [2.75, 3.05) is 5.32 Å². The van der Waals surface area contributed by atoms with Crippen LogP contribution in [0.3, 0.4) is 0 Å². The number of fused-ring (bicyclic) bond motifs is 1. The Hall–Kier alpha value is -4.16. The average molecular weight is 486 g/mol. The number of hydrogen-bond donors (Lipinski definition) is 2. The summed E-state index contributed by atoms with van der Waals surface area (Å²) in [6.45, 7) is 0.411. The van der Waals surface area contributed by atoms with E-state index in [1.54, 1.807) is 30.5 Å². The van der Waals surface area contributed by atoms with E-state index < -0.39 is 0 Å². The molecule has 0 atom stereocenters. The number of nitrogens with one attached hydrogen (secondary N) is 2. The van der Waals surface area contributed by atoms with Crippen LogP contribution in [-0.2, 0) is 16.2 Å². The lowest BCUT2D eigenvalue weighted by molar-refractivity contribution is -0.124. The van der Waals surface area contributed by atoms with E-state index in [2.05, 4.69) is 15.8 Å². The maximum atomic E-state index is 12.2. The van der Waals surface area contributed by atoms with Gasteiger partial charge in [0.25, 0.3) is 0 Å². The summed E-state index contributed by atoms with van der Waals surface area (Å²) in [5, 5.41) is 9.36. The zero-order chi connectivity index (χ0) is 24.5. The fourth-order valence-electron chi connectivity index (χ4n) is 3.51. The molecule has 0 saturated heterocycles. The number of benzene rings is 4. The van der Waals surface area contributed by atoms with Crippen molar-refractivity contribution in [3.63, 3.8) is 0 Å². The highest BCUT2D eigenvalue weighted by atomic mass is 35.5. The molecule has 4 aromatic rings. The largest absolute Gasteiger partial charge is 0.488 e. The van der Waals surface area contributed by atoms with Crippen LogP contribution < -0.4 is 15.5 Å². The third-order valence-electron chi connectivity index (χ3n) is 5.24. The summed E-state index contributed by atoms with van der Waals surface area (Å²) in [5.41, 5.74) is 4.89. The Balaban J connectivity index is 1.38. The van der Waals surface area contributed by atoms with Crippen molar-refractivity contribution in [3.05, 3.63) is 107 Å². The highest BCUT2D eigenvalue weighted by Crippen LogP contribution is 2.27. The van der Waals surface area contributed by atoms with E-state index in [1.165, 1.54) is 0 Å². The van der Waals surface area contributed by atoms with Crippen molar-refractivity contribution in [1.82, 2.24) is 5.43 Å². The number of amides is 2. The molecule has 176 valence electrons. The Morgan fingerprint density at radius 1 is 0.857 bits per heavy atom. The summed E-state index contributed by atoms with van der Waals surface area (Å²) in [6.07, 6.45) is 1.59. The summed E-state index contributed by atoms with van der Waals surface area (Å²) in [7, 11) is 0. The molecular formula is C28H24ClN3O3. The van der Waals surface area contributed by atoms with Crippen LogP contribution in [0.25, 0.3) is 10.8 Å². The van der Waals surface area contributed by atoms with Crippen LogP contribution >= 0.6 is 11.6 Å². The number of hydrazone groups is 1. The van der Waals surface area contributed by atoms with Crippen molar-refractivity contribution < 1.29 is 14.3 Å². The quantitative estimate of drug-likeness (QED) is 0.227. The Morgan fingerprint density at radius 3 is 2.46 bits per heavy atom. The van der Waals surface area contributed by atoms with E-state index >= 15 is 0 Å². The highest BCUT2D eigenvalue weighted by Gasteiger charge is 2.09. The summed E-state index contributed by atoms with van der Waals surface area (Å²) >= 11 is 5.92. The molecule has 4 aromatic carbocycles. The zero-order valence-electron chi connectivity index (χ0n) is 18.9. The van der Waals surface area contributed by atoms with E-state index in [0.717, 1.165) is 21.9 Å². The van der Waals surface area contributed by atoms with Gasteiger partial charge in [-0.3, -0.25) is 9.59 Å². The van der Waals surface area contributed by atoms with Gasteiger partial charge in [-0.05, 0) is 40.6 Å². The number of ether oxygens (including phenoxy) is 1. The fourth-order valence-corrected chi connectivity index (χ4v) is 3.70. The van der Waals surface area contributed by atoms with Gasteiger partial charge in [-0.15, -0.1) is 0 Å². The first-order chi connectivity index (χ1) is 17.1. The van der Waals surface area contributed by atoms with Crippen molar-refractivity contribution in [1.29, 1.82) is 0 Å². The van der Waals surface area contributed by atoms with Crippen molar-refractivity contribution in [2.45, 2.75) is 19.4 Å². The Labute approximate surface area is 208 Å². The molecule has 0 aliphatic heterocycles. The van der Waals surface area contributed by atoms with Crippen molar-refractivity contribution >= 4 is 46.1 Å². The lowest BCUT2D eigenvalue weighted by Crippen LogP contribution is -2.20. The minimum Gasteiger partial charge on any atom is -0.488 e. The molecule has 0 saturated carbocycles. The van der Waals surface area contributed by atoms with Crippen LogP contribution in [0, 0.1) is 0 Å². The molecule has 35 heavy (non-hydrogen) atoms. The fraction of sp³-hybridized carbons (Fsp3) is 0.107. The molecule has 0 aliphatic carbocycles. The van der Waals surface area contributed by atoms with Gasteiger partial charge in [-0.2, -0.15) is 5.10 Å². The number of carbonyl (C=O) groups excluding carboxylic acids is 2. The number of rotatable bonds is 9. The molecule has 7 heteroatoms. The van der Waals surface area contributed by atoms with Crippen LogP contribution in [0.2, 0.25) is 5.02 Å². The maximum absolute atomic E-state index is 12.2. The van der Waals surface area contributed by atoms with Gasteiger partial charge in [0.05, 0.1) is 6.21 Å². The van der Waals surface area contributed by atoms with Crippen LogP contribution in [0.5, 0.6) is 5.75 Å². The molecule has 2 N–H and O–H groups in total. The molecule has 0 bridgehead atoms. The van der Waals surface area contributed by atoms with E-state index in [-0.39, 0.29) is 24.7 Å². The summed E-state index contributed by atoms with van der Waals surface area (Å²) < 4.78 is 6.07. The number of carbonyl (C=O) groups is 2. The van der Waals surface area contributed by atoms with Gasteiger partial charge in [0.1, 0.15) is 12.4 Å². The average Bonchev–Trinajstić information content (AvgIpc) is 2.87. The van der Waals surface area contributed by atoms with Gasteiger partial charge in [-0.25, -0.2) is 5.43 Å². The predicted octanol–water partition coefficient (Wildman–Crippen LogP) is 5.94. The Kier molecular flexibility index (Phi) is 8.09. The molecule has 2 amide bonds. The summed E-state index contributed by atoms with van der Waals surface area (Å²) in [5.74, 6) is 0.0120. The number of anilines is 1. The van der Waals surface area contributed by atoms with E-state index in [0.29, 0.717) is 23.1 Å². The Bertz CT molecular complexity index is 1360. The highest BCUT2D eigenvalue weighted by molar-refractivity contribution is 6.30. The van der Waals surface area contributed by atoms with E-state index in [4.69, 9.17) is 16.3 Å². The Morgan fingerprint density at radius 2 is 1.63 bits per heavy atom. The lowest BCUT2D eigenvalue weighted by Gasteiger charge is -2.12. The first-order valence-corrected chi connectivity index (χ1v) is 11.5. The van der Waals surface area contributed by atoms with Gasteiger partial charge in [-0.1, -0.05) is 78.3 Å². The normalized spacial score (nSPS) is 10.9. The molecule has 0 unspecified atom stereocenters. The predicted molar refractivity (Wildman–Crippen MR) is 140 cm³/mol. The second kappa shape index (κ2) is 11.8. The summed E-state index contributed by atoms with van der Waals surface area (Å²) in [6, 6.07) is 28.5. The van der Waals surface area contributed by atoms with Gasteiger partial charge >= 0.3 is 0 Å². The zero-order valence-corrected chi connectivity index (χ0v) is 19.7. The molecule has 4 rings (SSSR count). The molecule has 0 spiro atoms. The number of hydrogen-bond acceptors (Lipinski definition) is 4. The van der Waals surface area contributed by atoms with Crippen LogP contribution in [0.4, 0.5) is 5.69 Å². The van der Waals surface area contributed by atoms with Crippen LogP contribution in [0.15, 0.2) is 96.1 Å². The standard InChI is InChI=1S/C28H24ClN3O3/c29-22-10-6-11-23(17-22)31-27(33)15-16-28(34)32-30-18-25-24-12-5-4-9-21(24)13-14-26(25)35-19-20-7-2-1-3-8-20/h1-14,17-18H,15-16,19H2,(H,31,33)(H,32,34). The van der Waals surface area contributed by atoms with Crippen molar-refractivity contribution in [3.8, 4) is 5.75 Å². The minimum atomic E-state index is -0.366. The number of halogens is 1. The van der Waals surface area contributed by atoms with Gasteiger partial charge in [0.2, 0.25) is 11.8 Å². The van der Waals surface area contributed by atoms with Gasteiger partial charge < -0.3 is 10.1 Å². The molecule has 6 nitrogen and oxygen atoms in total. The smallest absolute Gasteiger partial charge is 0.240 e. The first kappa shape index (κ1) is 24.0. The van der Waals surface area contributed by atoms with Gasteiger partial charge in [0, 0.05) is 29.1 Å². The molecule has 0 fully saturated rings. The molecule has 0 heterocycles. The second-order valence-electron chi connectivity index (χ2n) is 7.82. The van der Waals surface area contributed by atoms with Crippen LogP contribution in [0.1, 0.15) is 24.0 Å². The van der Waals surface area contributed by atoms with Crippen molar-refractivity contribution in [2.24, 2.45) is 5.10 Å². The van der Waals surface area contributed by atoms with Crippen LogP contribution in [-0.4, -0.2) is 18.0 Å². The molecule has 0 aliphatic rings. The first-order valence-electron chi connectivity index (χ1n) is 11.1. The number of nitrogens with zero attached hydrogens (tertiary/aromatic N) is 1. The molecular weight excluding hydrogens is 462 g/mol. The minimum absolute atomic E-state index is 0.00333. The van der Waals surface area contributed by atoms with Gasteiger partial charge in [0.15, 0.2) is 0 Å². The lowest BCUT2D eigenvalue weighted by atomic mass is 10.0. The van der Waals surface area contributed by atoms with E-state index in [1.807, 2.05) is 66.7 Å². The molecule has 0 aromatic heterocycles.